The molecule has 1 saturated heterocycles. The summed E-state index contributed by atoms with van der Waals surface area (Å²) in [5, 5.41) is 7.10. The Morgan fingerprint density at radius 3 is 2.72 bits per heavy atom. The number of likely N-dealkylation sites (tertiary alicyclic amines) is 1. The molecule has 0 aliphatic carbocycles. The van der Waals surface area contributed by atoms with Gasteiger partial charge in [-0.1, -0.05) is 18.2 Å². The molecule has 5 nitrogen and oxygen atoms in total. The van der Waals surface area contributed by atoms with E-state index in [2.05, 4.69) is 15.3 Å². The third kappa shape index (κ3) is 4.45. The quantitative estimate of drug-likeness (QED) is 0.839. The Kier molecular flexibility index (Phi) is 5.81. The topological polar surface area (TPSA) is 50.2 Å². The minimum Gasteiger partial charge on any atom is -0.354 e. The maximum atomic E-state index is 14.2. The number of amides is 1. The summed E-state index contributed by atoms with van der Waals surface area (Å²) in [5.41, 5.74) is 1.69. The predicted octanol–water partition coefficient (Wildman–Crippen LogP) is 2.45. The van der Waals surface area contributed by atoms with Crippen LogP contribution >= 0.6 is 0 Å². The van der Waals surface area contributed by atoms with Crippen molar-refractivity contribution in [1.82, 2.24) is 20.0 Å². The maximum Gasteiger partial charge on any atom is 0.220 e. The molecule has 25 heavy (non-hydrogen) atoms. The van der Waals surface area contributed by atoms with E-state index in [0.29, 0.717) is 24.9 Å². The summed E-state index contributed by atoms with van der Waals surface area (Å²) >= 11 is 0. The summed E-state index contributed by atoms with van der Waals surface area (Å²) < 4.78 is 16.0. The molecule has 1 aliphatic rings. The molecule has 1 aromatic heterocycles. The Labute approximate surface area is 147 Å². The first-order valence-electron chi connectivity index (χ1n) is 8.87. The number of carbonyl (C=O) groups excluding carboxylic acids is 1. The third-order valence-corrected chi connectivity index (χ3v) is 4.87. The standard InChI is InChI=1S/C19H25FN4O/c1-23-15(10-11-22-23)8-9-19(25)21-14-18(24-12-4-5-13-24)16-6-2-3-7-17(16)20/h2-3,6-7,10-11,18H,4-5,8-9,12-14H2,1H3,(H,21,25). The Morgan fingerprint density at radius 2 is 2.04 bits per heavy atom. The van der Waals surface area contributed by atoms with Gasteiger partial charge in [0.15, 0.2) is 0 Å². The van der Waals surface area contributed by atoms with Gasteiger partial charge in [-0.15, -0.1) is 0 Å². The van der Waals surface area contributed by atoms with Crippen molar-refractivity contribution in [3.63, 3.8) is 0 Å². The molecule has 1 N–H and O–H groups in total. The van der Waals surface area contributed by atoms with E-state index in [1.165, 1.54) is 6.07 Å². The van der Waals surface area contributed by atoms with Crippen LogP contribution in [0.15, 0.2) is 36.5 Å². The molecule has 0 saturated carbocycles. The van der Waals surface area contributed by atoms with Gasteiger partial charge in [-0.25, -0.2) is 4.39 Å². The molecule has 2 heterocycles. The zero-order valence-electron chi connectivity index (χ0n) is 14.6. The molecule has 1 atom stereocenters. The molecule has 6 heteroatoms. The molecule has 1 fully saturated rings. The number of benzene rings is 1. The second-order valence-corrected chi connectivity index (χ2v) is 6.53. The summed E-state index contributed by atoms with van der Waals surface area (Å²) in [7, 11) is 1.87. The molecule has 134 valence electrons. The molecule has 1 aliphatic heterocycles. The summed E-state index contributed by atoms with van der Waals surface area (Å²) in [6.07, 6.45) is 5.04. The van der Waals surface area contributed by atoms with Gasteiger partial charge in [-0.2, -0.15) is 5.10 Å². The van der Waals surface area contributed by atoms with E-state index >= 15 is 0 Å². The van der Waals surface area contributed by atoms with E-state index in [4.69, 9.17) is 0 Å². The Hall–Kier alpha value is -2.21. The lowest BCUT2D eigenvalue weighted by atomic mass is 10.0. The fourth-order valence-corrected chi connectivity index (χ4v) is 3.42. The van der Waals surface area contributed by atoms with Gasteiger partial charge >= 0.3 is 0 Å². The fourth-order valence-electron chi connectivity index (χ4n) is 3.42. The summed E-state index contributed by atoms with van der Waals surface area (Å²) in [4.78, 5) is 14.5. The van der Waals surface area contributed by atoms with Crippen LogP contribution in [-0.4, -0.2) is 40.2 Å². The minimum absolute atomic E-state index is 0.0123. The Morgan fingerprint density at radius 1 is 1.28 bits per heavy atom. The third-order valence-electron chi connectivity index (χ3n) is 4.87. The van der Waals surface area contributed by atoms with Gasteiger partial charge in [0.05, 0.1) is 6.04 Å². The average Bonchev–Trinajstić information content (AvgIpc) is 3.27. The van der Waals surface area contributed by atoms with E-state index in [9.17, 15) is 9.18 Å². The first-order chi connectivity index (χ1) is 12.1. The lowest BCUT2D eigenvalue weighted by Crippen LogP contribution is -2.37. The van der Waals surface area contributed by atoms with Gasteiger partial charge in [0.1, 0.15) is 5.82 Å². The van der Waals surface area contributed by atoms with Crippen molar-refractivity contribution < 1.29 is 9.18 Å². The van der Waals surface area contributed by atoms with E-state index in [1.807, 2.05) is 25.2 Å². The van der Waals surface area contributed by atoms with Crippen molar-refractivity contribution in [2.24, 2.45) is 7.05 Å². The van der Waals surface area contributed by atoms with Crippen LogP contribution < -0.4 is 5.32 Å². The van der Waals surface area contributed by atoms with Crippen LogP contribution in [0.1, 0.15) is 36.6 Å². The lowest BCUT2D eigenvalue weighted by molar-refractivity contribution is -0.121. The SMILES string of the molecule is Cn1nccc1CCC(=O)NCC(c1ccccc1F)N1CCCC1. The van der Waals surface area contributed by atoms with Crippen LogP contribution in [0.4, 0.5) is 4.39 Å². The molecule has 2 aromatic rings. The van der Waals surface area contributed by atoms with Crippen molar-refractivity contribution in [2.45, 2.75) is 31.7 Å². The van der Waals surface area contributed by atoms with Gasteiger partial charge in [-0.05, 0) is 44.5 Å². The van der Waals surface area contributed by atoms with E-state index in [1.54, 1.807) is 16.9 Å². The maximum absolute atomic E-state index is 14.2. The summed E-state index contributed by atoms with van der Waals surface area (Å²) in [6, 6.07) is 8.67. The fraction of sp³-hybridized carbons (Fsp3) is 0.474. The molecule has 0 radical (unpaired) electrons. The second kappa shape index (κ2) is 8.25. The first kappa shape index (κ1) is 17.6. The van der Waals surface area contributed by atoms with Crippen molar-refractivity contribution in [3.8, 4) is 0 Å². The van der Waals surface area contributed by atoms with Crippen LogP contribution in [0, 0.1) is 5.82 Å². The van der Waals surface area contributed by atoms with Gasteiger partial charge in [0, 0.05) is 37.5 Å². The molecule has 0 spiro atoms. The average molecular weight is 344 g/mol. The molecular formula is C19H25FN4O. The van der Waals surface area contributed by atoms with Crippen LogP contribution in [0.25, 0.3) is 0 Å². The zero-order chi connectivity index (χ0) is 17.6. The van der Waals surface area contributed by atoms with E-state index in [0.717, 1.165) is 31.6 Å². The molecule has 1 unspecified atom stereocenters. The second-order valence-electron chi connectivity index (χ2n) is 6.53. The normalized spacial score (nSPS) is 16.1. The highest BCUT2D eigenvalue weighted by atomic mass is 19.1. The highest BCUT2D eigenvalue weighted by Gasteiger charge is 2.25. The van der Waals surface area contributed by atoms with E-state index in [-0.39, 0.29) is 17.8 Å². The van der Waals surface area contributed by atoms with Gasteiger partial charge < -0.3 is 5.32 Å². The van der Waals surface area contributed by atoms with Crippen molar-refractivity contribution >= 4 is 5.91 Å². The summed E-state index contributed by atoms with van der Waals surface area (Å²) in [5.74, 6) is -0.217. The smallest absolute Gasteiger partial charge is 0.220 e. The zero-order valence-corrected chi connectivity index (χ0v) is 14.6. The number of aryl methyl sites for hydroxylation is 2. The number of nitrogens with zero attached hydrogens (tertiary/aromatic N) is 3. The number of halogens is 1. The number of hydrogen-bond donors (Lipinski definition) is 1. The number of aromatic nitrogens is 2. The number of rotatable bonds is 7. The Bertz CT molecular complexity index is 709. The number of carbonyl (C=O) groups is 1. The predicted molar refractivity (Wildman–Crippen MR) is 94.5 cm³/mol. The molecule has 0 bridgehead atoms. The van der Waals surface area contributed by atoms with E-state index < -0.39 is 0 Å². The van der Waals surface area contributed by atoms with Crippen LogP contribution in [0.3, 0.4) is 0 Å². The van der Waals surface area contributed by atoms with Crippen molar-refractivity contribution in [2.75, 3.05) is 19.6 Å². The number of hydrogen-bond acceptors (Lipinski definition) is 3. The highest BCUT2D eigenvalue weighted by Crippen LogP contribution is 2.26. The van der Waals surface area contributed by atoms with Crippen LogP contribution in [-0.2, 0) is 18.3 Å². The highest BCUT2D eigenvalue weighted by molar-refractivity contribution is 5.76. The number of nitrogens with one attached hydrogen (secondary N) is 1. The molecule has 1 amide bonds. The van der Waals surface area contributed by atoms with Gasteiger partial charge in [0.2, 0.25) is 5.91 Å². The molecule has 1 aromatic carbocycles. The molecular weight excluding hydrogens is 319 g/mol. The molecule has 3 rings (SSSR count). The van der Waals surface area contributed by atoms with Gasteiger partial charge in [0.25, 0.3) is 0 Å². The lowest BCUT2D eigenvalue weighted by Gasteiger charge is -2.28. The first-order valence-corrected chi connectivity index (χ1v) is 8.87. The van der Waals surface area contributed by atoms with Gasteiger partial charge in [-0.3, -0.25) is 14.4 Å². The summed E-state index contributed by atoms with van der Waals surface area (Å²) in [6.45, 7) is 2.33. The minimum atomic E-state index is -0.205. The largest absolute Gasteiger partial charge is 0.354 e. The Balaban J connectivity index is 1.59. The monoisotopic (exact) mass is 344 g/mol. The van der Waals surface area contributed by atoms with Crippen LogP contribution in [0.5, 0.6) is 0 Å². The van der Waals surface area contributed by atoms with Crippen LogP contribution in [0.2, 0.25) is 0 Å². The van der Waals surface area contributed by atoms with Crippen molar-refractivity contribution in [1.29, 1.82) is 0 Å². The van der Waals surface area contributed by atoms with Crippen molar-refractivity contribution in [3.05, 3.63) is 53.6 Å².